The Kier molecular flexibility index (Phi) is 10.3. The van der Waals surface area contributed by atoms with Crippen molar-refractivity contribution < 1.29 is 53.8 Å². The van der Waals surface area contributed by atoms with Gasteiger partial charge in [0.25, 0.3) is 0 Å². The number of aromatic nitrogens is 4. The first kappa shape index (κ1) is 37.2. The number of hydrogen-bond acceptors (Lipinski definition) is 8. The van der Waals surface area contributed by atoms with Gasteiger partial charge in [-0.05, 0) is 57.5 Å². The van der Waals surface area contributed by atoms with E-state index in [4.69, 9.17) is 9.47 Å². The Labute approximate surface area is 269 Å². The van der Waals surface area contributed by atoms with Gasteiger partial charge in [-0.1, -0.05) is 0 Å². The minimum absolute atomic E-state index is 0.0142. The molecule has 0 unspecified atom stereocenters. The molecular weight excluding hydrogens is 720 g/mol. The number of anilines is 1. The van der Waals surface area contributed by atoms with Gasteiger partial charge in [0, 0.05) is 26.2 Å². The second-order valence-electron chi connectivity index (χ2n) is 12.4. The largest absolute Gasteiger partial charge is 0.449 e. The van der Waals surface area contributed by atoms with Crippen LogP contribution in [0.4, 0.5) is 41.7 Å². The Morgan fingerprint density at radius 1 is 0.739 bits per heavy atom. The van der Waals surface area contributed by atoms with Crippen molar-refractivity contribution in [3.63, 3.8) is 0 Å². The number of amides is 2. The fourth-order valence-electron chi connectivity index (χ4n) is 4.35. The Hall–Kier alpha value is -3.23. The summed E-state index contributed by atoms with van der Waals surface area (Å²) < 4.78 is 115. The summed E-state index contributed by atoms with van der Waals surface area (Å²) in [6.45, 7) is 9.95. The number of imidazole rings is 2. The van der Waals surface area contributed by atoms with Crippen LogP contribution in [0.2, 0.25) is 0 Å². The van der Waals surface area contributed by atoms with Gasteiger partial charge in [0.2, 0.25) is 21.7 Å². The van der Waals surface area contributed by atoms with Gasteiger partial charge in [0.1, 0.15) is 15.8 Å². The van der Waals surface area contributed by atoms with Crippen LogP contribution in [0.5, 0.6) is 0 Å². The van der Waals surface area contributed by atoms with E-state index in [1.807, 2.05) is 4.72 Å². The van der Waals surface area contributed by atoms with Crippen molar-refractivity contribution >= 4 is 44.0 Å². The van der Waals surface area contributed by atoms with E-state index in [1.54, 1.807) is 41.5 Å². The van der Waals surface area contributed by atoms with Crippen LogP contribution in [0.3, 0.4) is 0 Å². The van der Waals surface area contributed by atoms with Crippen LogP contribution in [-0.4, -0.2) is 80.1 Å². The molecule has 0 atom stereocenters. The van der Waals surface area contributed by atoms with Gasteiger partial charge >= 0.3 is 24.5 Å². The molecule has 1 N–H and O–H groups in total. The minimum atomic E-state index is -4.75. The van der Waals surface area contributed by atoms with Crippen LogP contribution in [0.15, 0.2) is 4.60 Å². The quantitative estimate of drug-likeness (QED) is 0.400. The maximum atomic E-state index is 13.1. The van der Waals surface area contributed by atoms with Gasteiger partial charge in [-0.25, -0.2) is 28.0 Å². The number of hydrogen-bond donors (Lipinski definition) is 1. The second-order valence-corrected chi connectivity index (χ2v) is 14.9. The molecule has 13 nitrogen and oxygen atoms in total. The van der Waals surface area contributed by atoms with Crippen LogP contribution < -0.4 is 4.72 Å². The second kappa shape index (κ2) is 12.8. The molecule has 2 aliphatic rings. The van der Waals surface area contributed by atoms with Crippen molar-refractivity contribution in [2.45, 2.75) is 91.3 Å². The molecule has 2 aromatic heterocycles. The van der Waals surface area contributed by atoms with Crippen molar-refractivity contribution in [1.82, 2.24) is 28.9 Å². The van der Waals surface area contributed by atoms with E-state index >= 15 is 0 Å². The number of carbonyl (C=O) groups is 2. The molecular formula is C25H34BrF6N7O6S. The van der Waals surface area contributed by atoms with Gasteiger partial charge in [-0.3, -0.25) is 4.72 Å². The first-order chi connectivity index (χ1) is 20.7. The Morgan fingerprint density at radius 3 is 1.52 bits per heavy atom. The number of ether oxygens (including phenoxy) is 2. The molecule has 0 radical (unpaired) electrons. The van der Waals surface area contributed by atoms with Crippen LogP contribution in [0.1, 0.15) is 64.6 Å². The van der Waals surface area contributed by atoms with Gasteiger partial charge in [-0.2, -0.15) is 26.3 Å². The molecule has 0 aromatic carbocycles. The molecule has 2 aliphatic heterocycles. The molecule has 2 aromatic rings. The smallest absolute Gasteiger partial charge is 0.444 e. The summed E-state index contributed by atoms with van der Waals surface area (Å²) in [6.07, 6.45) is -9.70. The van der Waals surface area contributed by atoms with Crippen molar-refractivity contribution in [1.29, 1.82) is 0 Å². The van der Waals surface area contributed by atoms with E-state index in [0.29, 0.717) is 5.69 Å². The summed E-state index contributed by atoms with van der Waals surface area (Å²) in [6, 6.07) is 0. The summed E-state index contributed by atoms with van der Waals surface area (Å²) >= 11 is 3.02. The molecule has 0 spiro atoms. The zero-order valence-electron chi connectivity index (χ0n) is 25.9. The zero-order valence-corrected chi connectivity index (χ0v) is 28.3. The lowest BCUT2D eigenvalue weighted by molar-refractivity contribution is -0.148. The van der Waals surface area contributed by atoms with Crippen LogP contribution in [0, 0.1) is 0 Å². The number of nitrogens with zero attached hydrogens (tertiary/aromatic N) is 6. The lowest BCUT2D eigenvalue weighted by atomic mass is 10.2. The molecule has 46 heavy (non-hydrogen) atoms. The highest BCUT2D eigenvalue weighted by Gasteiger charge is 2.42. The van der Waals surface area contributed by atoms with Crippen LogP contribution in [0.25, 0.3) is 0 Å². The van der Waals surface area contributed by atoms with Gasteiger partial charge in [0.15, 0.2) is 5.82 Å². The summed E-state index contributed by atoms with van der Waals surface area (Å²) in [4.78, 5) is 33.6. The highest BCUT2D eigenvalue weighted by molar-refractivity contribution is 9.10. The molecule has 0 fully saturated rings. The molecule has 21 heteroatoms. The number of nitrogens with one attached hydrogen (secondary N) is 1. The predicted molar refractivity (Wildman–Crippen MR) is 154 cm³/mol. The van der Waals surface area contributed by atoms with Gasteiger partial charge in [0.05, 0.1) is 30.7 Å². The van der Waals surface area contributed by atoms with Gasteiger partial charge < -0.3 is 28.4 Å². The predicted octanol–water partition coefficient (Wildman–Crippen LogP) is 5.44. The van der Waals surface area contributed by atoms with Crippen LogP contribution >= 0.6 is 15.9 Å². The zero-order chi connectivity index (χ0) is 35.2. The minimum Gasteiger partial charge on any atom is -0.444 e. The lowest BCUT2D eigenvalue weighted by Gasteiger charge is -2.31. The van der Waals surface area contributed by atoms with Crippen molar-refractivity contribution in [2.75, 3.05) is 24.1 Å². The third kappa shape index (κ3) is 9.64. The third-order valence-corrected chi connectivity index (χ3v) is 7.26. The molecule has 260 valence electrons. The van der Waals surface area contributed by atoms with E-state index in [2.05, 4.69) is 25.9 Å². The number of fused-ring (bicyclic) bond motifs is 2. The summed E-state index contributed by atoms with van der Waals surface area (Å²) in [5, 5.41) is 0. The normalized spacial score (nSPS) is 15.8. The molecule has 0 bridgehead atoms. The van der Waals surface area contributed by atoms with Crippen molar-refractivity contribution in [3.05, 3.63) is 27.6 Å². The number of rotatable bonds is 2. The van der Waals surface area contributed by atoms with Crippen molar-refractivity contribution in [2.24, 2.45) is 0 Å². The fourth-order valence-corrected chi connectivity index (χ4v) is 5.37. The summed E-state index contributed by atoms with van der Waals surface area (Å²) in [5.41, 5.74) is -1.14. The molecule has 0 saturated carbocycles. The first-order valence-corrected chi connectivity index (χ1v) is 16.3. The number of halogens is 7. The van der Waals surface area contributed by atoms with E-state index in [9.17, 15) is 44.3 Å². The number of carbonyl (C=O) groups excluding carboxylic acids is 2. The lowest BCUT2D eigenvalue weighted by Crippen LogP contribution is -2.42. The fraction of sp³-hybridized carbons (Fsp3) is 0.680. The van der Waals surface area contributed by atoms with Gasteiger partial charge in [-0.15, -0.1) is 0 Å². The summed E-state index contributed by atoms with van der Waals surface area (Å²) in [5.74, 6) is -2.60. The highest BCUT2D eigenvalue weighted by Crippen LogP contribution is 2.36. The monoisotopic (exact) mass is 753 g/mol. The SMILES string of the molecule is CC(C)(C)OC(=O)N1CCn2c(C(F)(F)F)nc(Br)c2C1.CC(C)(C)OC(=O)N1CCn2c(C(F)(F)F)nc(NS(C)(=O)=O)c2C1. The maximum absolute atomic E-state index is 13.1. The Balaban J connectivity index is 0.000000254. The number of alkyl halides is 6. The molecule has 0 saturated heterocycles. The standard InChI is InChI=1S/C13H19F3N4O4S.C12H15BrF3N3O2/c1-12(2,3)24-11(21)19-5-6-20-8(7-19)9(18-25(4,22)23)17-10(20)13(14,15)16;1-11(2,3)21-10(20)18-4-5-19-7(6-18)8(13)17-9(19)12(14,15)16/h18H,5-7H2,1-4H3;4-6H2,1-3H3. The van der Waals surface area contributed by atoms with Crippen molar-refractivity contribution in [3.8, 4) is 0 Å². The van der Waals surface area contributed by atoms with Crippen LogP contribution in [-0.2, 0) is 58.0 Å². The molecule has 4 heterocycles. The Morgan fingerprint density at radius 2 is 1.13 bits per heavy atom. The maximum Gasteiger partial charge on any atom is 0.449 e. The first-order valence-electron chi connectivity index (χ1n) is 13.6. The average Bonchev–Trinajstić information content (AvgIpc) is 3.38. The third-order valence-electron chi connectivity index (χ3n) is 6.06. The summed E-state index contributed by atoms with van der Waals surface area (Å²) in [7, 11) is -3.84. The number of sulfonamides is 1. The van der Waals surface area contributed by atoms with E-state index in [-0.39, 0.29) is 49.6 Å². The van der Waals surface area contributed by atoms with E-state index < -0.39 is 63.2 Å². The van der Waals surface area contributed by atoms with E-state index in [1.165, 1.54) is 9.80 Å². The molecule has 4 rings (SSSR count). The highest BCUT2D eigenvalue weighted by atomic mass is 79.9. The molecule has 0 aliphatic carbocycles. The van der Waals surface area contributed by atoms with E-state index in [0.717, 1.165) is 15.4 Å². The topological polar surface area (TPSA) is 141 Å². The Bertz CT molecular complexity index is 1580. The molecule has 2 amide bonds. The average molecular weight is 755 g/mol.